The number of aryl methyl sites for hydroxylation is 1. The predicted molar refractivity (Wildman–Crippen MR) is 105 cm³/mol. The van der Waals surface area contributed by atoms with Gasteiger partial charge in [0.25, 0.3) is 0 Å². The summed E-state index contributed by atoms with van der Waals surface area (Å²) in [6, 6.07) is 16.4. The lowest BCUT2D eigenvalue weighted by Crippen LogP contribution is -2.44. The number of benzene rings is 2. The number of ether oxygens (including phenoxy) is 1. The Bertz CT molecular complexity index is 747. The van der Waals surface area contributed by atoms with E-state index < -0.39 is 0 Å². The Morgan fingerprint density at radius 3 is 2.35 bits per heavy atom. The summed E-state index contributed by atoms with van der Waals surface area (Å²) in [7, 11) is 0. The molecule has 0 spiro atoms. The van der Waals surface area contributed by atoms with E-state index in [1.54, 1.807) is 0 Å². The summed E-state index contributed by atoms with van der Waals surface area (Å²) in [4.78, 5) is 12.7. The van der Waals surface area contributed by atoms with E-state index in [2.05, 4.69) is 56.4 Å². The van der Waals surface area contributed by atoms with E-state index in [9.17, 15) is 4.79 Å². The van der Waals surface area contributed by atoms with Gasteiger partial charge in [-0.15, -0.1) is 0 Å². The molecule has 0 unspecified atom stereocenters. The van der Waals surface area contributed by atoms with Crippen LogP contribution < -0.4 is 10.1 Å². The quantitative estimate of drug-likeness (QED) is 0.796. The zero-order valence-corrected chi connectivity index (χ0v) is 16.0. The fourth-order valence-electron chi connectivity index (χ4n) is 3.75. The molecule has 2 aromatic carbocycles. The number of para-hydroxylation sites is 1. The number of fused-ring (bicyclic) bond motifs is 1. The first kappa shape index (κ1) is 18.5. The molecule has 1 atom stereocenters. The third-order valence-corrected chi connectivity index (χ3v) is 5.62. The van der Waals surface area contributed by atoms with Gasteiger partial charge >= 0.3 is 0 Å². The molecular formula is C23H29NO2. The van der Waals surface area contributed by atoms with Crippen LogP contribution in [0.25, 0.3) is 0 Å². The van der Waals surface area contributed by atoms with E-state index in [4.69, 9.17) is 4.74 Å². The number of hydrogen-bond donors (Lipinski definition) is 1. The summed E-state index contributed by atoms with van der Waals surface area (Å²) in [5.74, 6) is 0.970. The highest BCUT2D eigenvalue weighted by Crippen LogP contribution is 2.42. The predicted octanol–water partition coefficient (Wildman–Crippen LogP) is 4.99. The van der Waals surface area contributed by atoms with E-state index in [-0.39, 0.29) is 17.6 Å². The molecule has 0 saturated heterocycles. The fourth-order valence-corrected chi connectivity index (χ4v) is 3.75. The van der Waals surface area contributed by atoms with Crippen molar-refractivity contribution >= 4 is 5.91 Å². The van der Waals surface area contributed by atoms with Crippen molar-refractivity contribution in [2.45, 2.75) is 64.5 Å². The van der Waals surface area contributed by atoms with Crippen LogP contribution in [0.4, 0.5) is 0 Å². The summed E-state index contributed by atoms with van der Waals surface area (Å²) in [6.45, 7) is 6.45. The zero-order valence-electron chi connectivity index (χ0n) is 16.0. The van der Waals surface area contributed by atoms with Crippen molar-refractivity contribution < 1.29 is 9.53 Å². The van der Waals surface area contributed by atoms with Crippen molar-refractivity contribution in [3.05, 3.63) is 65.2 Å². The lowest BCUT2D eigenvalue weighted by molar-refractivity contribution is -0.121. The summed E-state index contributed by atoms with van der Waals surface area (Å²) in [5, 5.41) is 3.26. The van der Waals surface area contributed by atoms with Gasteiger partial charge in [-0.2, -0.15) is 0 Å². The third kappa shape index (κ3) is 3.92. The van der Waals surface area contributed by atoms with Gasteiger partial charge < -0.3 is 10.1 Å². The van der Waals surface area contributed by atoms with Crippen LogP contribution in [0.2, 0.25) is 0 Å². The van der Waals surface area contributed by atoms with Crippen LogP contribution in [-0.4, -0.2) is 11.5 Å². The molecule has 1 aliphatic heterocycles. The van der Waals surface area contributed by atoms with E-state index in [0.29, 0.717) is 6.42 Å². The van der Waals surface area contributed by atoms with Gasteiger partial charge in [0.2, 0.25) is 5.91 Å². The lowest BCUT2D eigenvalue weighted by Gasteiger charge is -2.41. The summed E-state index contributed by atoms with van der Waals surface area (Å²) < 4.78 is 6.32. The van der Waals surface area contributed by atoms with Crippen LogP contribution >= 0.6 is 0 Å². The van der Waals surface area contributed by atoms with E-state index in [0.717, 1.165) is 42.6 Å². The van der Waals surface area contributed by atoms with Crippen molar-refractivity contribution in [3.8, 4) is 5.75 Å². The topological polar surface area (TPSA) is 38.3 Å². The van der Waals surface area contributed by atoms with E-state index in [1.165, 1.54) is 5.56 Å². The van der Waals surface area contributed by atoms with Crippen LogP contribution in [-0.2, 0) is 17.6 Å². The van der Waals surface area contributed by atoms with Crippen LogP contribution in [0, 0.1) is 0 Å². The lowest BCUT2D eigenvalue weighted by atomic mass is 9.83. The van der Waals surface area contributed by atoms with E-state index in [1.807, 2.05) is 18.2 Å². The summed E-state index contributed by atoms with van der Waals surface area (Å²) in [5.41, 5.74) is 3.23. The van der Waals surface area contributed by atoms with Crippen molar-refractivity contribution in [1.29, 1.82) is 0 Å². The Labute approximate surface area is 156 Å². The molecule has 138 valence electrons. The Morgan fingerprint density at radius 1 is 1.04 bits per heavy atom. The highest BCUT2D eigenvalue weighted by molar-refractivity contribution is 5.79. The minimum absolute atomic E-state index is 0.00210. The smallest absolute Gasteiger partial charge is 0.224 e. The molecule has 3 rings (SSSR count). The second kappa shape index (κ2) is 7.94. The maximum Gasteiger partial charge on any atom is 0.224 e. The normalized spacial score (nSPS) is 17.9. The van der Waals surface area contributed by atoms with Gasteiger partial charge in [0, 0.05) is 12.0 Å². The molecule has 1 amide bonds. The summed E-state index contributed by atoms with van der Waals surface area (Å²) in [6.07, 6.45) is 4.11. The monoisotopic (exact) mass is 351 g/mol. The van der Waals surface area contributed by atoms with Gasteiger partial charge in [0.1, 0.15) is 11.4 Å². The molecule has 3 nitrogen and oxygen atoms in total. The molecule has 0 fully saturated rings. The molecule has 1 heterocycles. The minimum Gasteiger partial charge on any atom is -0.487 e. The first-order valence-electron chi connectivity index (χ1n) is 9.74. The first-order chi connectivity index (χ1) is 12.6. The number of carbonyl (C=O) groups is 1. The maximum atomic E-state index is 12.7. The van der Waals surface area contributed by atoms with Gasteiger partial charge in [-0.25, -0.2) is 0 Å². The molecule has 2 aromatic rings. The highest BCUT2D eigenvalue weighted by atomic mass is 16.5. The maximum absolute atomic E-state index is 12.7. The molecule has 0 aromatic heterocycles. The molecule has 1 N–H and O–H groups in total. The molecule has 1 aliphatic rings. The molecule has 0 radical (unpaired) electrons. The molecule has 3 heteroatoms. The van der Waals surface area contributed by atoms with Crippen molar-refractivity contribution in [1.82, 2.24) is 5.32 Å². The van der Waals surface area contributed by atoms with Crippen LogP contribution in [0.15, 0.2) is 48.5 Å². The molecule has 0 bridgehead atoms. The second-order valence-electron chi connectivity index (χ2n) is 7.20. The van der Waals surface area contributed by atoms with Crippen molar-refractivity contribution in [3.63, 3.8) is 0 Å². The van der Waals surface area contributed by atoms with Gasteiger partial charge in [-0.05, 0) is 36.5 Å². The van der Waals surface area contributed by atoms with Crippen LogP contribution in [0.1, 0.15) is 62.8 Å². The highest BCUT2D eigenvalue weighted by Gasteiger charge is 2.38. The van der Waals surface area contributed by atoms with Crippen LogP contribution in [0.5, 0.6) is 5.75 Å². The molecule has 26 heavy (non-hydrogen) atoms. The molecular weight excluding hydrogens is 322 g/mol. The van der Waals surface area contributed by atoms with Gasteiger partial charge in [0.15, 0.2) is 0 Å². The SMILES string of the molecule is CCc1ccc(CC(=O)N[C@@H]2CC(CC)(CC)Oc3ccccc32)cc1. The Kier molecular flexibility index (Phi) is 5.65. The number of amides is 1. The minimum atomic E-state index is -0.199. The second-order valence-corrected chi connectivity index (χ2v) is 7.20. The summed E-state index contributed by atoms with van der Waals surface area (Å²) >= 11 is 0. The zero-order chi connectivity index (χ0) is 18.6. The van der Waals surface area contributed by atoms with Gasteiger partial charge in [0.05, 0.1) is 12.5 Å². The Morgan fingerprint density at radius 2 is 1.69 bits per heavy atom. The third-order valence-electron chi connectivity index (χ3n) is 5.62. The molecule has 0 aliphatic carbocycles. The number of nitrogens with one attached hydrogen (secondary N) is 1. The standard InChI is InChI=1S/C23H29NO2/c1-4-17-11-13-18(14-12-17)15-22(25)24-20-16-23(5-2,6-3)26-21-10-8-7-9-19(20)21/h7-14,20H,4-6,15-16H2,1-3H3,(H,24,25)/t20-/m1/s1. The number of carbonyl (C=O) groups excluding carboxylic acids is 1. The Hall–Kier alpha value is -2.29. The van der Waals surface area contributed by atoms with Gasteiger partial charge in [-0.3, -0.25) is 4.79 Å². The van der Waals surface area contributed by atoms with Crippen LogP contribution in [0.3, 0.4) is 0 Å². The molecule has 0 saturated carbocycles. The van der Waals surface area contributed by atoms with E-state index >= 15 is 0 Å². The largest absolute Gasteiger partial charge is 0.487 e. The number of rotatable bonds is 6. The van der Waals surface area contributed by atoms with Crippen molar-refractivity contribution in [2.24, 2.45) is 0 Å². The average Bonchev–Trinajstić information content (AvgIpc) is 2.68. The average molecular weight is 351 g/mol. The van der Waals surface area contributed by atoms with Gasteiger partial charge in [-0.1, -0.05) is 63.2 Å². The first-order valence-corrected chi connectivity index (χ1v) is 9.74. The number of hydrogen-bond acceptors (Lipinski definition) is 2. The Balaban J connectivity index is 1.75. The fraction of sp³-hybridized carbons (Fsp3) is 0.435. The van der Waals surface area contributed by atoms with Crippen molar-refractivity contribution in [2.75, 3.05) is 0 Å².